The summed E-state index contributed by atoms with van der Waals surface area (Å²) in [5, 5.41) is 9.31. The number of aryl methyl sites for hydroxylation is 1. The van der Waals surface area contributed by atoms with E-state index in [0.29, 0.717) is 11.4 Å². The molecule has 0 saturated heterocycles. The van der Waals surface area contributed by atoms with Gasteiger partial charge in [-0.2, -0.15) is 5.10 Å². The summed E-state index contributed by atoms with van der Waals surface area (Å²) in [7, 11) is 0. The molecule has 1 aromatic carbocycles. The SMILES string of the molecule is Cc1cc(=O)[nH]nc1-c1ccc(NC(=O)C(C)(C)CCl)cc1. The zero-order valence-corrected chi connectivity index (χ0v) is 13.5. The minimum atomic E-state index is -0.628. The minimum absolute atomic E-state index is 0.131. The number of nitrogens with one attached hydrogen (secondary N) is 2. The van der Waals surface area contributed by atoms with Gasteiger partial charge in [-0.1, -0.05) is 12.1 Å². The third-order valence-corrected chi connectivity index (χ3v) is 4.03. The molecular formula is C16H18ClN3O2. The number of nitrogens with zero attached hydrogens (tertiary/aromatic N) is 1. The van der Waals surface area contributed by atoms with E-state index in [2.05, 4.69) is 15.5 Å². The van der Waals surface area contributed by atoms with Gasteiger partial charge in [-0.3, -0.25) is 9.59 Å². The Bertz CT molecular complexity index is 736. The molecule has 0 aliphatic rings. The van der Waals surface area contributed by atoms with Crippen LogP contribution < -0.4 is 10.9 Å². The number of carbonyl (C=O) groups is 1. The molecule has 22 heavy (non-hydrogen) atoms. The van der Waals surface area contributed by atoms with Gasteiger partial charge in [-0.05, 0) is 38.5 Å². The summed E-state index contributed by atoms with van der Waals surface area (Å²) >= 11 is 5.79. The summed E-state index contributed by atoms with van der Waals surface area (Å²) in [6.07, 6.45) is 0. The third-order valence-electron chi connectivity index (χ3n) is 3.36. The first-order chi connectivity index (χ1) is 10.3. The van der Waals surface area contributed by atoms with Gasteiger partial charge in [0.2, 0.25) is 5.91 Å². The fourth-order valence-electron chi connectivity index (χ4n) is 1.86. The van der Waals surface area contributed by atoms with E-state index in [1.165, 1.54) is 6.07 Å². The first-order valence-corrected chi connectivity index (χ1v) is 7.41. The quantitative estimate of drug-likeness (QED) is 0.851. The lowest BCUT2D eigenvalue weighted by Crippen LogP contribution is -2.32. The van der Waals surface area contributed by atoms with E-state index in [4.69, 9.17) is 11.6 Å². The number of rotatable bonds is 4. The van der Waals surface area contributed by atoms with Crippen molar-refractivity contribution in [3.05, 3.63) is 46.2 Å². The zero-order valence-electron chi connectivity index (χ0n) is 12.7. The first kappa shape index (κ1) is 16.2. The van der Waals surface area contributed by atoms with E-state index < -0.39 is 5.41 Å². The Hall–Kier alpha value is -2.14. The molecule has 6 heteroatoms. The van der Waals surface area contributed by atoms with E-state index in [9.17, 15) is 9.59 Å². The van der Waals surface area contributed by atoms with Crippen LogP contribution in [0.15, 0.2) is 35.1 Å². The molecule has 0 radical (unpaired) electrons. The summed E-state index contributed by atoms with van der Waals surface area (Å²) in [5.74, 6) is 0.117. The van der Waals surface area contributed by atoms with Gasteiger partial charge < -0.3 is 5.32 Å². The lowest BCUT2D eigenvalue weighted by atomic mass is 9.95. The molecule has 1 amide bonds. The third kappa shape index (κ3) is 3.54. The molecular weight excluding hydrogens is 302 g/mol. The molecule has 0 aliphatic heterocycles. The van der Waals surface area contributed by atoms with E-state index in [1.807, 2.05) is 19.1 Å². The molecule has 116 valence electrons. The number of aromatic amines is 1. The topological polar surface area (TPSA) is 74.8 Å². The van der Waals surface area contributed by atoms with Gasteiger partial charge >= 0.3 is 0 Å². The van der Waals surface area contributed by atoms with Crippen LogP contribution in [0.4, 0.5) is 5.69 Å². The predicted molar refractivity (Wildman–Crippen MR) is 88.2 cm³/mol. The molecule has 0 aliphatic carbocycles. The Morgan fingerprint density at radius 1 is 1.32 bits per heavy atom. The first-order valence-electron chi connectivity index (χ1n) is 6.87. The number of carbonyl (C=O) groups excluding carboxylic acids is 1. The Kier molecular flexibility index (Phi) is 4.66. The molecule has 0 bridgehead atoms. The fraction of sp³-hybridized carbons (Fsp3) is 0.312. The van der Waals surface area contributed by atoms with Crippen molar-refractivity contribution in [2.24, 2.45) is 5.41 Å². The predicted octanol–water partition coefficient (Wildman–Crippen LogP) is 2.95. The monoisotopic (exact) mass is 319 g/mol. The lowest BCUT2D eigenvalue weighted by molar-refractivity contribution is -0.122. The van der Waals surface area contributed by atoms with Crippen LogP contribution in [-0.4, -0.2) is 22.0 Å². The summed E-state index contributed by atoms with van der Waals surface area (Å²) < 4.78 is 0. The summed E-state index contributed by atoms with van der Waals surface area (Å²) in [6.45, 7) is 5.41. The maximum absolute atomic E-state index is 12.1. The Balaban J connectivity index is 2.20. The zero-order chi connectivity index (χ0) is 16.3. The van der Waals surface area contributed by atoms with Crippen molar-refractivity contribution in [1.29, 1.82) is 0 Å². The summed E-state index contributed by atoms with van der Waals surface area (Å²) in [6, 6.07) is 8.78. The average Bonchev–Trinajstić information content (AvgIpc) is 2.48. The molecule has 2 aromatic rings. The highest BCUT2D eigenvalue weighted by molar-refractivity contribution is 6.20. The molecule has 0 atom stereocenters. The van der Waals surface area contributed by atoms with Crippen molar-refractivity contribution in [3.63, 3.8) is 0 Å². The molecule has 5 nitrogen and oxygen atoms in total. The van der Waals surface area contributed by atoms with Gasteiger partial charge in [-0.25, -0.2) is 5.10 Å². The average molecular weight is 320 g/mol. The van der Waals surface area contributed by atoms with Crippen LogP contribution in [0.5, 0.6) is 0 Å². The second-order valence-electron chi connectivity index (χ2n) is 5.81. The number of anilines is 1. The number of hydrogen-bond acceptors (Lipinski definition) is 3. The van der Waals surface area contributed by atoms with Crippen molar-refractivity contribution in [1.82, 2.24) is 10.2 Å². The number of amides is 1. The van der Waals surface area contributed by atoms with Crippen molar-refractivity contribution >= 4 is 23.2 Å². The second kappa shape index (κ2) is 6.32. The number of H-pyrrole nitrogens is 1. The number of alkyl halides is 1. The Morgan fingerprint density at radius 2 is 1.95 bits per heavy atom. The molecule has 0 saturated carbocycles. The van der Waals surface area contributed by atoms with Crippen LogP contribution in [0.25, 0.3) is 11.3 Å². The number of benzene rings is 1. The van der Waals surface area contributed by atoms with E-state index >= 15 is 0 Å². The van der Waals surface area contributed by atoms with Crippen LogP contribution in [0.2, 0.25) is 0 Å². The van der Waals surface area contributed by atoms with E-state index in [-0.39, 0.29) is 17.3 Å². The second-order valence-corrected chi connectivity index (χ2v) is 6.08. The molecule has 0 unspecified atom stereocenters. The van der Waals surface area contributed by atoms with Crippen LogP contribution >= 0.6 is 11.6 Å². The van der Waals surface area contributed by atoms with Crippen LogP contribution in [0, 0.1) is 12.3 Å². The standard InChI is InChI=1S/C16H18ClN3O2/c1-10-8-13(21)19-20-14(10)11-4-6-12(7-5-11)18-15(22)16(2,3)9-17/h4-8H,9H2,1-3H3,(H,18,22)(H,19,21). The highest BCUT2D eigenvalue weighted by Gasteiger charge is 2.26. The van der Waals surface area contributed by atoms with Gasteiger partial charge in [0.25, 0.3) is 5.56 Å². The van der Waals surface area contributed by atoms with Gasteiger partial charge in [0.15, 0.2) is 0 Å². The van der Waals surface area contributed by atoms with Crippen molar-refractivity contribution < 1.29 is 4.79 Å². The van der Waals surface area contributed by atoms with Crippen LogP contribution in [-0.2, 0) is 4.79 Å². The summed E-state index contributed by atoms with van der Waals surface area (Å²) in [5.41, 5.74) is 2.20. The number of hydrogen-bond donors (Lipinski definition) is 2. The van der Waals surface area contributed by atoms with Crippen LogP contribution in [0.3, 0.4) is 0 Å². The van der Waals surface area contributed by atoms with E-state index in [0.717, 1.165) is 11.1 Å². The maximum atomic E-state index is 12.1. The molecule has 2 rings (SSSR count). The van der Waals surface area contributed by atoms with Crippen molar-refractivity contribution in [3.8, 4) is 11.3 Å². The number of halogens is 1. The van der Waals surface area contributed by atoms with Crippen molar-refractivity contribution in [2.45, 2.75) is 20.8 Å². The molecule has 1 heterocycles. The Morgan fingerprint density at radius 3 is 2.50 bits per heavy atom. The number of aromatic nitrogens is 2. The smallest absolute Gasteiger partial charge is 0.264 e. The Labute approximate surface area is 133 Å². The van der Waals surface area contributed by atoms with Crippen LogP contribution in [0.1, 0.15) is 19.4 Å². The highest BCUT2D eigenvalue weighted by atomic mass is 35.5. The fourth-order valence-corrected chi connectivity index (χ4v) is 1.98. The van der Waals surface area contributed by atoms with Gasteiger partial charge in [0, 0.05) is 23.2 Å². The molecule has 0 fully saturated rings. The van der Waals surface area contributed by atoms with Gasteiger partial charge in [-0.15, -0.1) is 11.6 Å². The highest BCUT2D eigenvalue weighted by Crippen LogP contribution is 2.23. The maximum Gasteiger partial charge on any atom is 0.264 e. The molecule has 1 aromatic heterocycles. The van der Waals surface area contributed by atoms with E-state index in [1.54, 1.807) is 26.0 Å². The largest absolute Gasteiger partial charge is 0.326 e. The summed E-state index contributed by atoms with van der Waals surface area (Å²) in [4.78, 5) is 23.3. The lowest BCUT2D eigenvalue weighted by Gasteiger charge is -2.20. The normalized spacial score (nSPS) is 11.3. The van der Waals surface area contributed by atoms with Gasteiger partial charge in [0.1, 0.15) is 0 Å². The van der Waals surface area contributed by atoms with Crippen molar-refractivity contribution in [2.75, 3.05) is 11.2 Å². The molecule has 0 spiro atoms. The minimum Gasteiger partial charge on any atom is -0.326 e. The van der Waals surface area contributed by atoms with Gasteiger partial charge in [0.05, 0.1) is 11.1 Å². The molecule has 2 N–H and O–H groups in total.